The van der Waals surface area contributed by atoms with E-state index in [1.807, 2.05) is 0 Å². The highest BCUT2D eigenvalue weighted by molar-refractivity contribution is 5.92. The van der Waals surface area contributed by atoms with Crippen molar-refractivity contribution in [2.75, 3.05) is 5.32 Å². The summed E-state index contributed by atoms with van der Waals surface area (Å²) in [6.45, 7) is 6.23. The first-order valence-electron chi connectivity index (χ1n) is 9.01. The number of aromatic nitrogens is 3. The number of nitrogens with zero attached hydrogens (tertiary/aromatic N) is 5. The summed E-state index contributed by atoms with van der Waals surface area (Å²) in [7, 11) is 0. The van der Waals surface area contributed by atoms with E-state index in [9.17, 15) is 24.6 Å². The second kappa shape index (κ2) is 7.79. The maximum Gasteiger partial charge on any atom is 0.312 e. The highest BCUT2D eigenvalue weighted by Crippen LogP contribution is 2.30. The van der Waals surface area contributed by atoms with Crippen molar-refractivity contribution in [1.29, 1.82) is 5.26 Å². The van der Waals surface area contributed by atoms with E-state index in [1.54, 1.807) is 24.5 Å². The van der Waals surface area contributed by atoms with Gasteiger partial charge in [0.15, 0.2) is 0 Å². The highest BCUT2D eigenvalue weighted by atomic mass is 19.1. The van der Waals surface area contributed by atoms with Crippen LogP contribution in [0, 0.1) is 55.0 Å². The number of nitro groups is 1. The zero-order chi connectivity index (χ0) is 22.2. The molecule has 3 rings (SSSR count). The first kappa shape index (κ1) is 20.7. The van der Waals surface area contributed by atoms with E-state index in [4.69, 9.17) is 0 Å². The van der Waals surface area contributed by atoms with Gasteiger partial charge >= 0.3 is 5.69 Å². The van der Waals surface area contributed by atoms with Crippen LogP contribution in [0.25, 0.3) is 5.69 Å². The minimum atomic E-state index is -0.540. The van der Waals surface area contributed by atoms with Crippen LogP contribution in [-0.4, -0.2) is 25.2 Å². The van der Waals surface area contributed by atoms with E-state index in [-0.39, 0.29) is 35.0 Å². The number of nitrogens with one attached hydrogen (secondary N) is 1. The third-order valence-electron chi connectivity index (χ3n) is 4.97. The van der Waals surface area contributed by atoms with Crippen LogP contribution >= 0.6 is 0 Å². The lowest BCUT2D eigenvalue weighted by Gasteiger charge is -2.13. The Balaban J connectivity index is 2.00. The molecule has 1 aromatic carbocycles. The molecule has 1 amide bonds. The Bertz CT molecular complexity index is 1220. The molecule has 2 heterocycles. The fourth-order valence-corrected chi connectivity index (χ4v) is 3.41. The van der Waals surface area contributed by atoms with Crippen LogP contribution in [0.1, 0.15) is 28.2 Å². The van der Waals surface area contributed by atoms with Gasteiger partial charge in [0.05, 0.1) is 16.2 Å². The van der Waals surface area contributed by atoms with Gasteiger partial charge in [-0.05, 0) is 51.5 Å². The van der Waals surface area contributed by atoms with Gasteiger partial charge in [0.25, 0.3) is 0 Å². The molecule has 154 valence electrons. The summed E-state index contributed by atoms with van der Waals surface area (Å²) in [5.41, 5.74) is 2.35. The molecule has 0 spiro atoms. The number of hydrogen-bond acceptors (Lipinski definition) is 5. The van der Waals surface area contributed by atoms with E-state index in [1.165, 1.54) is 36.7 Å². The van der Waals surface area contributed by atoms with Gasteiger partial charge < -0.3 is 5.32 Å². The molecule has 0 aliphatic heterocycles. The normalized spacial score (nSPS) is 10.7. The van der Waals surface area contributed by atoms with Crippen molar-refractivity contribution < 1.29 is 14.1 Å². The largest absolute Gasteiger partial charge is 0.312 e. The van der Waals surface area contributed by atoms with Crippen LogP contribution in [0.4, 0.5) is 15.9 Å². The van der Waals surface area contributed by atoms with E-state index >= 15 is 0 Å². The number of hydrogen-bond donors (Lipinski definition) is 1. The molecule has 0 bridgehead atoms. The average molecular weight is 410 g/mol. The molecule has 0 radical (unpaired) electrons. The van der Waals surface area contributed by atoms with Crippen molar-refractivity contribution in [3.63, 3.8) is 0 Å². The van der Waals surface area contributed by atoms with Crippen LogP contribution < -0.4 is 5.32 Å². The van der Waals surface area contributed by atoms with Gasteiger partial charge in [-0.15, -0.1) is 0 Å². The van der Waals surface area contributed by atoms with Gasteiger partial charge in [-0.2, -0.15) is 10.4 Å². The molecule has 0 saturated carbocycles. The minimum absolute atomic E-state index is 0.143. The Hall–Kier alpha value is -4.00. The van der Waals surface area contributed by atoms with Crippen LogP contribution in [0.2, 0.25) is 0 Å². The van der Waals surface area contributed by atoms with Crippen molar-refractivity contribution in [3.8, 4) is 11.8 Å². The Morgan fingerprint density at radius 2 is 2.00 bits per heavy atom. The smallest absolute Gasteiger partial charge is 0.309 e. The van der Waals surface area contributed by atoms with Crippen molar-refractivity contribution in [2.24, 2.45) is 0 Å². The van der Waals surface area contributed by atoms with Crippen LogP contribution in [-0.2, 0) is 11.3 Å². The summed E-state index contributed by atoms with van der Waals surface area (Å²) in [6, 6.07) is 7.87. The van der Waals surface area contributed by atoms with E-state index in [0.717, 1.165) is 0 Å². The average Bonchev–Trinajstić information content (AvgIpc) is 3.07. The first-order chi connectivity index (χ1) is 14.1. The SMILES string of the molecule is Cc1nn(CC(=O)Nc2c(C#N)c(C)c(C)n2-c2cccc(F)c2)c(C)c1[N+](=O)[O-]. The maximum atomic E-state index is 13.8. The number of rotatable bonds is 5. The van der Waals surface area contributed by atoms with Gasteiger partial charge in [-0.1, -0.05) is 6.07 Å². The second-order valence-electron chi connectivity index (χ2n) is 6.84. The Labute approximate surface area is 171 Å². The molecule has 0 atom stereocenters. The number of aryl methyl sites for hydroxylation is 1. The van der Waals surface area contributed by atoms with Crippen molar-refractivity contribution in [3.05, 3.63) is 68.4 Å². The Morgan fingerprint density at radius 3 is 2.57 bits per heavy atom. The lowest BCUT2D eigenvalue weighted by Crippen LogP contribution is -2.22. The Morgan fingerprint density at radius 1 is 1.30 bits per heavy atom. The molecule has 0 unspecified atom stereocenters. The standard InChI is InChI=1S/C20H19FN6O3/c1-11-13(3)26(16-7-5-6-15(21)8-16)20(17(11)9-22)23-18(28)10-25-14(4)19(27(29)30)12(2)24-25/h5-8H,10H2,1-4H3,(H,23,28). The lowest BCUT2D eigenvalue weighted by atomic mass is 10.2. The number of anilines is 1. The van der Waals surface area contributed by atoms with Gasteiger partial charge in [0, 0.05) is 5.69 Å². The molecule has 0 aliphatic carbocycles. The van der Waals surface area contributed by atoms with E-state index in [2.05, 4.69) is 16.5 Å². The van der Waals surface area contributed by atoms with Gasteiger partial charge in [-0.25, -0.2) is 4.39 Å². The molecule has 0 saturated heterocycles. The first-order valence-corrected chi connectivity index (χ1v) is 9.01. The summed E-state index contributed by atoms with van der Waals surface area (Å²) in [5.74, 6) is -0.773. The van der Waals surface area contributed by atoms with Crippen LogP contribution in [0.5, 0.6) is 0 Å². The van der Waals surface area contributed by atoms with Crippen LogP contribution in [0.3, 0.4) is 0 Å². The van der Waals surface area contributed by atoms with E-state index < -0.39 is 16.6 Å². The van der Waals surface area contributed by atoms with Gasteiger partial charge in [0.2, 0.25) is 5.91 Å². The summed E-state index contributed by atoms with van der Waals surface area (Å²) in [6.07, 6.45) is 0. The number of amides is 1. The lowest BCUT2D eigenvalue weighted by molar-refractivity contribution is -0.386. The maximum absolute atomic E-state index is 13.8. The summed E-state index contributed by atoms with van der Waals surface area (Å²) in [4.78, 5) is 23.4. The number of benzene rings is 1. The van der Waals surface area contributed by atoms with Crippen molar-refractivity contribution in [2.45, 2.75) is 34.2 Å². The molecule has 9 nitrogen and oxygen atoms in total. The minimum Gasteiger partial charge on any atom is -0.309 e. The predicted octanol–water partition coefficient (Wildman–Crippen LogP) is 3.47. The molecule has 2 aromatic heterocycles. The summed E-state index contributed by atoms with van der Waals surface area (Å²) < 4.78 is 16.6. The van der Waals surface area contributed by atoms with Crippen molar-refractivity contribution >= 4 is 17.4 Å². The molecule has 0 aliphatic rings. The fraction of sp³-hybridized carbons (Fsp3) is 0.250. The number of carbonyl (C=O) groups excluding carboxylic acids is 1. The van der Waals surface area contributed by atoms with Gasteiger partial charge in [-0.3, -0.25) is 24.2 Å². The third kappa shape index (κ3) is 3.53. The summed E-state index contributed by atoms with van der Waals surface area (Å²) >= 11 is 0. The zero-order valence-electron chi connectivity index (χ0n) is 16.9. The number of nitriles is 1. The highest BCUT2D eigenvalue weighted by Gasteiger charge is 2.25. The number of carbonyl (C=O) groups is 1. The molecular formula is C20H19FN6O3. The monoisotopic (exact) mass is 410 g/mol. The second-order valence-corrected chi connectivity index (χ2v) is 6.84. The summed E-state index contributed by atoms with van der Waals surface area (Å²) in [5, 5.41) is 27.5. The molecular weight excluding hydrogens is 391 g/mol. The quantitative estimate of drug-likeness (QED) is 0.510. The molecule has 3 aromatic rings. The molecule has 0 fully saturated rings. The van der Waals surface area contributed by atoms with Gasteiger partial charge in [0.1, 0.15) is 35.6 Å². The molecule has 10 heteroatoms. The van der Waals surface area contributed by atoms with E-state index in [0.29, 0.717) is 16.9 Å². The Kier molecular flexibility index (Phi) is 5.38. The third-order valence-corrected chi connectivity index (χ3v) is 4.97. The topological polar surface area (TPSA) is 119 Å². The molecule has 1 N–H and O–H groups in total. The van der Waals surface area contributed by atoms with Crippen LogP contribution in [0.15, 0.2) is 24.3 Å². The number of halogens is 1. The fourth-order valence-electron chi connectivity index (χ4n) is 3.41. The predicted molar refractivity (Wildman–Crippen MR) is 107 cm³/mol. The molecule has 30 heavy (non-hydrogen) atoms. The van der Waals surface area contributed by atoms with Crippen molar-refractivity contribution in [1.82, 2.24) is 14.3 Å². The zero-order valence-corrected chi connectivity index (χ0v) is 16.9.